The number of hydrogen-bond acceptors (Lipinski definition) is 4. The lowest BCUT2D eigenvalue weighted by Gasteiger charge is -2.35. The molecule has 0 bridgehead atoms. The van der Waals surface area contributed by atoms with Crippen LogP contribution in [0.2, 0.25) is 0 Å². The largest absolute Gasteiger partial charge is 0.468 e. The van der Waals surface area contributed by atoms with Crippen molar-refractivity contribution in [2.75, 3.05) is 19.6 Å². The van der Waals surface area contributed by atoms with E-state index in [4.69, 9.17) is 9.15 Å². The number of morpholine rings is 1. The quantitative estimate of drug-likeness (QED) is 0.869. The van der Waals surface area contributed by atoms with E-state index in [1.54, 1.807) is 6.26 Å². The standard InChI is InChI=1S/C16H28N2O2/c1-12(2)7-17-8-16-15(5-6-19-16)11-18-9-13(3)20-14(4)10-18/h5-6,12-14,17H,7-11H2,1-4H3/t13-,14+. The van der Waals surface area contributed by atoms with Crippen LogP contribution in [0.25, 0.3) is 0 Å². The van der Waals surface area contributed by atoms with Crippen LogP contribution < -0.4 is 5.32 Å². The van der Waals surface area contributed by atoms with Crippen molar-refractivity contribution < 1.29 is 9.15 Å². The molecule has 0 amide bonds. The number of nitrogens with one attached hydrogen (secondary N) is 1. The van der Waals surface area contributed by atoms with Gasteiger partial charge in [0.1, 0.15) is 5.76 Å². The summed E-state index contributed by atoms with van der Waals surface area (Å²) in [7, 11) is 0. The Morgan fingerprint density at radius 3 is 2.65 bits per heavy atom. The average molecular weight is 280 g/mol. The Hall–Kier alpha value is -0.840. The normalized spacial score (nSPS) is 24.4. The molecule has 4 heteroatoms. The second kappa shape index (κ2) is 7.25. The van der Waals surface area contributed by atoms with Crippen molar-refractivity contribution in [2.24, 2.45) is 5.92 Å². The van der Waals surface area contributed by atoms with Crippen molar-refractivity contribution in [1.82, 2.24) is 10.2 Å². The number of furan rings is 1. The Balaban J connectivity index is 1.88. The Kier molecular flexibility index (Phi) is 5.64. The molecule has 0 aliphatic carbocycles. The van der Waals surface area contributed by atoms with Crippen molar-refractivity contribution in [2.45, 2.75) is 53.0 Å². The molecule has 114 valence electrons. The van der Waals surface area contributed by atoms with E-state index >= 15 is 0 Å². The third-order valence-corrected chi connectivity index (χ3v) is 3.57. The van der Waals surface area contributed by atoms with E-state index < -0.39 is 0 Å². The highest BCUT2D eigenvalue weighted by Crippen LogP contribution is 2.17. The SMILES string of the molecule is CC(C)CNCc1occc1CN1C[C@@H](C)O[C@@H](C)C1. The third kappa shape index (κ3) is 4.62. The molecule has 0 radical (unpaired) electrons. The smallest absolute Gasteiger partial charge is 0.122 e. The van der Waals surface area contributed by atoms with E-state index in [0.717, 1.165) is 38.5 Å². The van der Waals surface area contributed by atoms with Crippen molar-refractivity contribution in [3.05, 3.63) is 23.7 Å². The topological polar surface area (TPSA) is 37.6 Å². The zero-order valence-corrected chi connectivity index (χ0v) is 13.2. The fraction of sp³-hybridized carbons (Fsp3) is 0.750. The van der Waals surface area contributed by atoms with Gasteiger partial charge in [-0.1, -0.05) is 13.8 Å². The molecule has 0 unspecified atom stereocenters. The first-order chi connectivity index (χ1) is 9.54. The molecule has 1 N–H and O–H groups in total. The minimum Gasteiger partial charge on any atom is -0.468 e. The molecule has 4 nitrogen and oxygen atoms in total. The van der Waals surface area contributed by atoms with Crippen LogP contribution in [0.15, 0.2) is 16.7 Å². The van der Waals surface area contributed by atoms with E-state index in [9.17, 15) is 0 Å². The van der Waals surface area contributed by atoms with E-state index in [2.05, 4.69) is 44.0 Å². The summed E-state index contributed by atoms with van der Waals surface area (Å²) >= 11 is 0. The highest BCUT2D eigenvalue weighted by atomic mass is 16.5. The molecular weight excluding hydrogens is 252 g/mol. The molecule has 1 aliphatic heterocycles. The lowest BCUT2D eigenvalue weighted by atomic mass is 10.1. The second-order valence-electron chi connectivity index (χ2n) is 6.35. The van der Waals surface area contributed by atoms with Gasteiger partial charge in [-0.25, -0.2) is 0 Å². The van der Waals surface area contributed by atoms with Crippen molar-refractivity contribution in [1.29, 1.82) is 0 Å². The molecule has 1 fully saturated rings. The molecule has 0 saturated carbocycles. The molecule has 2 heterocycles. The second-order valence-corrected chi connectivity index (χ2v) is 6.35. The van der Waals surface area contributed by atoms with Crippen molar-refractivity contribution >= 4 is 0 Å². The van der Waals surface area contributed by atoms with Crippen LogP contribution in [0.3, 0.4) is 0 Å². The number of rotatable bonds is 6. The fourth-order valence-electron chi connectivity index (χ4n) is 2.79. The Morgan fingerprint density at radius 1 is 1.30 bits per heavy atom. The number of nitrogens with zero attached hydrogens (tertiary/aromatic N) is 1. The van der Waals surface area contributed by atoms with Gasteiger partial charge in [-0.15, -0.1) is 0 Å². The Labute approximate surface area is 122 Å². The Morgan fingerprint density at radius 2 is 2.00 bits per heavy atom. The molecule has 1 aromatic heterocycles. The highest BCUT2D eigenvalue weighted by molar-refractivity contribution is 5.17. The molecule has 1 saturated heterocycles. The first-order valence-electron chi connectivity index (χ1n) is 7.68. The summed E-state index contributed by atoms with van der Waals surface area (Å²) in [5.41, 5.74) is 1.29. The van der Waals surface area contributed by atoms with Crippen molar-refractivity contribution in [3.8, 4) is 0 Å². The van der Waals surface area contributed by atoms with Gasteiger partial charge in [0.2, 0.25) is 0 Å². The van der Waals surface area contributed by atoms with E-state index in [0.29, 0.717) is 18.1 Å². The van der Waals surface area contributed by atoms with E-state index in [-0.39, 0.29) is 0 Å². The summed E-state index contributed by atoms with van der Waals surface area (Å²) in [6.07, 6.45) is 2.43. The van der Waals surface area contributed by atoms with E-state index in [1.165, 1.54) is 5.56 Å². The molecule has 0 spiro atoms. The lowest BCUT2D eigenvalue weighted by molar-refractivity contribution is -0.0706. The maximum atomic E-state index is 5.78. The first kappa shape index (κ1) is 15.5. The Bertz CT molecular complexity index is 393. The molecule has 1 aliphatic rings. The van der Waals surface area contributed by atoms with Gasteiger partial charge in [0.15, 0.2) is 0 Å². The van der Waals surface area contributed by atoms with Gasteiger partial charge < -0.3 is 14.5 Å². The predicted octanol–water partition coefficient (Wildman–Crippen LogP) is 2.63. The molecule has 1 aromatic rings. The predicted molar refractivity (Wildman–Crippen MR) is 80.5 cm³/mol. The van der Waals surface area contributed by atoms with Crippen LogP contribution in [0.1, 0.15) is 39.0 Å². The third-order valence-electron chi connectivity index (χ3n) is 3.57. The van der Waals surface area contributed by atoms with Crippen LogP contribution in [0, 0.1) is 5.92 Å². The van der Waals surface area contributed by atoms with Gasteiger partial charge >= 0.3 is 0 Å². The van der Waals surface area contributed by atoms with E-state index in [1.807, 2.05) is 0 Å². The minimum atomic E-state index is 0.313. The average Bonchev–Trinajstić information content (AvgIpc) is 2.75. The zero-order valence-electron chi connectivity index (χ0n) is 13.2. The van der Waals surface area contributed by atoms with Crippen molar-refractivity contribution in [3.63, 3.8) is 0 Å². The summed E-state index contributed by atoms with van der Waals surface area (Å²) in [6.45, 7) is 13.5. The zero-order chi connectivity index (χ0) is 14.5. The lowest BCUT2D eigenvalue weighted by Crippen LogP contribution is -2.44. The summed E-state index contributed by atoms with van der Waals surface area (Å²) < 4.78 is 11.4. The minimum absolute atomic E-state index is 0.313. The van der Waals surface area contributed by atoms with Gasteiger partial charge in [-0.3, -0.25) is 4.90 Å². The molecule has 0 aromatic carbocycles. The molecule has 20 heavy (non-hydrogen) atoms. The van der Waals surface area contributed by atoms with Gasteiger partial charge in [-0.05, 0) is 32.4 Å². The van der Waals surface area contributed by atoms with Crippen LogP contribution in [0.5, 0.6) is 0 Å². The van der Waals surface area contributed by atoms with Gasteiger partial charge in [0.05, 0.1) is 25.0 Å². The fourth-order valence-corrected chi connectivity index (χ4v) is 2.79. The van der Waals surface area contributed by atoms with Gasteiger partial charge in [-0.2, -0.15) is 0 Å². The summed E-state index contributed by atoms with van der Waals surface area (Å²) in [5.74, 6) is 1.73. The van der Waals surface area contributed by atoms with Crippen LogP contribution in [0.4, 0.5) is 0 Å². The molecular formula is C16H28N2O2. The van der Waals surface area contributed by atoms with Crippen LogP contribution in [-0.4, -0.2) is 36.7 Å². The summed E-state index contributed by atoms with van der Waals surface area (Å²) in [4.78, 5) is 2.45. The number of hydrogen-bond donors (Lipinski definition) is 1. The number of ether oxygens (including phenoxy) is 1. The summed E-state index contributed by atoms with van der Waals surface area (Å²) in [6, 6.07) is 2.09. The van der Waals surface area contributed by atoms with Crippen LogP contribution in [-0.2, 0) is 17.8 Å². The first-order valence-corrected chi connectivity index (χ1v) is 7.68. The molecule has 2 atom stereocenters. The highest BCUT2D eigenvalue weighted by Gasteiger charge is 2.23. The molecule has 2 rings (SSSR count). The monoisotopic (exact) mass is 280 g/mol. The van der Waals surface area contributed by atoms with Gasteiger partial charge in [0, 0.05) is 25.2 Å². The van der Waals surface area contributed by atoms with Crippen LogP contribution >= 0.6 is 0 Å². The maximum absolute atomic E-state index is 5.78. The van der Waals surface area contributed by atoms with Gasteiger partial charge in [0.25, 0.3) is 0 Å². The maximum Gasteiger partial charge on any atom is 0.122 e. The summed E-state index contributed by atoms with van der Waals surface area (Å²) in [5, 5.41) is 3.45.